The van der Waals surface area contributed by atoms with Gasteiger partial charge in [0.25, 0.3) is 0 Å². The Morgan fingerprint density at radius 2 is 1.90 bits per heavy atom. The minimum Gasteiger partial charge on any atom is -0.480 e. The lowest BCUT2D eigenvalue weighted by atomic mass is 9.90. The molecule has 1 heterocycles. The van der Waals surface area contributed by atoms with Gasteiger partial charge in [0.1, 0.15) is 5.84 Å². The zero-order valence-corrected chi connectivity index (χ0v) is 22.6. The van der Waals surface area contributed by atoms with Crippen LogP contribution in [0.1, 0.15) is 32.6 Å². The molecule has 39 heavy (non-hydrogen) atoms. The van der Waals surface area contributed by atoms with Crippen molar-refractivity contribution in [2.24, 2.45) is 11.7 Å². The number of ketones is 1. The number of fused-ring (bicyclic) bond motifs is 1. The van der Waals surface area contributed by atoms with Gasteiger partial charge in [0.2, 0.25) is 15.9 Å². The minimum absolute atomic E-state index is 0.0450. The molecule has 1 saturated heterocycles. The number of aliphatic carboxylic acids is 1. The Labute approximate surface area is 227 Å². The van der Waals surface area contributed by atoms with Gasteiger partial charge in [-0.2, -0.15) is 0 Å². The third-order valence-electron chi connectivity index (χ3n) is 6.68. The fourth-order valence-electron chi connectivity index (χ4n) is 4.63. The normalized spacial score (nSPS) is 19.2. The van der Waals surface area contributed by atoms with Crippen molar-refractivity contribution in [2.75, 3.05) is 19.6 Å². The largest absolute Gasteiger partial charge is 0.480 e. The van der Waals surface area contributed by atoms with Crippen LogP contribution in [0.2, 0.25) is 0 Å². The molecule has 1 amide bonds. The number of sulfonamides is 1. The van der Waals surface area contributed by atoms with Gasteiger partial charge in [-0.1, -0.05) is 37.3 Å². The van der Waals surface area contributed by atoms with Crippen molar-refractivity contribution in [3.8, 4) is 0 Å². The van der Waals surface area contributed by atoms with Crippen LogP contribution in [0.3, 0.4) is 0 Å². The lowest BCUT2D eigenvalue weighted by Crippen LogP contribution is -2.55. The summed E-state index contributed by atoms with van der Waals surface area (Å²) in [5, 5.41) is 27.3. The third-order valence-corrected chi connectivity index (χ3v) is 8.14. The number of carbonyl (C=O) groups excluding carboxylic acids is 2. The Morgan fingerprint density at radius 3 is 2.56 bits per heavy atom. The van der Waals surface area contributed by atoms with Gasteiger partial charge in [-0.25, -0.2) is 13.1 Å². The number of amides is 1. The standard InChI is InChI=1S/C26H36N6O6S/c1-2-11-29-23(26(35)36)24(34)20(14-21(33)31-15-18-8-5-12-30-22(18)25(27)28)32-39(37,38)19-10-9-16-6-3-4-7-17(16)13-19/h3-4,6-7,9-10,13,18,20,22-23,29-30,32H,2,5,8,11-12,14-15H2,1H3,(H3,27,28)(H,31,33)(H,35,36)/t18?,20-,22?,23?/m0/s1. The Kier molecular flexibility index (Phi) is 10.5. The quantitative estimate of drug-likeness (QED) is 0.0964. The predicted molar refractivity (Wildman–Crippen MR) is 147 cm³/mol. The van der Waals surface area contributed by atoms with Crippen molar-refractivity contribution in [3.05, 3.63) is 42.5 Å². The van der Waals surface area contributed by atoms with Crippen LogP contribution in [0, 0.1) is 11.3 Å². The highest BCUT2D eigenvalue weighted by Crippen LogP contribution is 2.20. The van der Waals surface area contributed by atoms with E-state index in [1.54, 1.807) is 25.1 Å². The van der Waals surface area contributed by atoms with E-state index in [9.17, 15) is 27.9 Å². The molecule has 1 aliphatic heterocycles. The molecular formula is C26H36N6O6S. The SMILES string of the molecule is CCCNC(C(=O)O)C(=O)[C@H](CC(=O)NCC1CCCNC1C(=N)N)NS(=O)(=O)c1ccc2ccccc2c1. The van der Waals surface area contributed by atoms with Gasteiger partial charge in [0, 0.05) is 6.54 Å². The Hall–Kier alpha value is -3.39. The number of nitrogens with one attached hydrogen (secondary N) is 5. The Morgan fingerprint density at radius 1 is 1.18 bits per heavy atom. The highest BCUT2D eigenvalue weighted by Gasteiger charge is 2.36. The first-order valence-electron chi connectivity index (χ1n) is 12.9. The highest BCUT2D eigenvalue weighted by molar-refractivity contribution is 7.89. The van der Waals surface area contributed by atoms with Crippen LogP contribution in [-0.2, 0) is 24.4 Å². The number of carbonyl (C=O) groups is 3. The van der Waals surface area contributed by atoms with E-state index in [0.29, 0.717) is 18.4 Å². The number of Topliss-reactive ketones (excluding diaryl/α,β-unsaturated/α-hetero) is 1. The number of carboxylic acid groups (broad SMARTS) is 1. The molecule has 13 heteroatoms. The van der Waals surface area contributed by atoms with Crippen molar-refractivity contribution in [1.82, 2.24) is 20.7 Å². The molecular weight excluding hydrogens is 524 g/mol. The topological polar surface area (TPSA) is 204 Å². The number of carboxylic acids is 1. The van der Waals surface area contributed by atoms with E-state index in [-0.39, 0.29) is 29.7 Å². The van der Waals surface area contributed by atoms with Crippen LogP contribution >= 0.6 is 0 Å². The van der Waals surface area contributed by atoms with Crippen molar-refractivity contribution in [2.45, 2.75) is 55.6 Å². The summed E-state index contributed by atoms with van der Waals surface area (Å²) in [5.41, 5.74) is 5.67. The molecule has 4 atom stereocenters. The van der Waals surface area contributed by atoms with Gasteiger partial charge in [-0.05, 0) is 61.2 Å². The summed E-state index contributed by atoms with van der Waals surface area (Å²) in [6, 6.07) is 7.86. The van der Waals surface area contributed by atoms with Crippen LogP contribution in [-0.4, -0.2) is 74.8 Å². The zero-order valence-electron chi connectivity index (χ0n) is 21.8. The van der Waals surface area contributed by atoms with Gasteiger partial charge >= 0.3 is 5.97 Å². The third kappa shape index (κ3) is 8.05. The molecule has 3 unspecified atom stereocenters. The molecule has 2 aromatic rings. The second-order valence-corrected chi connectivity index (χ2v) is 11.3. The van der Waals surface area contributed by atoms with Crippen LogP contribution < -0.4 is 26.4 Å². The number of piperidine rings is 1. The maximum Gasteiger partial charge on any atom is 0.328 e. The van der Waals surface area contributed by atoms with Crippen LogP contribution in [0.5, 0.6) is 0 Å². The van der Waals surface area contributed by atoms with E-state index in [1.165, 1.54) is 12.1 Å². The second-order valence-electron chi connectivity index (χ2n) is 9.61. The van der Waals surface area contributed by atoms with Crippen molar-refractivity contribution < 1.29 is 27.9 Å². The van der Waals surface area contributed by atoms with Gasteiger partial charge in [-0.3, -0.25) is 25.1 Å². The molecule has 12 nitrogen and oxygen atoms in total. The number of amidine groups is 1. The summed E-state index contributed by atoms with van der Waals surface area (Å²) in [6.07, 6.45) is 1.49. The molecule has 2 aromatic carbocycles. The number of hydrogen-bond donors (Lipinski definition) is 7. The van der Waals surface area contributed by atoms with Gasteiger partial charge in [0.05, 0.1) is 23.4 Å². The Balaban J connectivity index is 1.82. The van der Waals surface area contributed by atoms with Gasteiger partial charge < -0.3 is 21.5 Å². The highest BCUT2D eigenvalue weighted by atomic mass is 32.2. The summed E-state index contributed by atoms with van der Waals surface area (Å²) < 4.78 is 28.9. The van der Waals surface area contributed by atoms with E-state index >= 15 is 0 Å². The average Bonchev–Trinajstić information content (AvgIpc) is 2.91. The Bertz CT molecular complexity index is 1320. The first kappa shape index (κ1) is 30.2. The first-order valence-corrected chi connectivity index (χ1v) is 14.4. The average molecular weight is 561 g/mol. The van der Waals surface area contributed by atoms with E-state index < -0.39 is 52.2 Å². The number of benzene rings is 2. The first-order chi connectivity index (χ1) is 18.5. The van der Waals surface area contributed by atoms with E-state index in [4.69, 9.17) is 11.1 Å². The maximum atomic E-state index is 13.3. The molecule has 0 aliphatic carbocycles. The molecule has 8 N–H and O–H groups in total. The lowest BCUT2D eigenvalue weighted by Gasteiger charge is -2.32. The van der Waals surface area contributed by atoms with Crippen molar-refractivity contribution in [1.29, 1.82) is 5.41 Å². The summed E-state index contributed by atoms with van der Waals surface area (Å²) in [7, 11) is -4.30. The van der Waals surface area contributed by atoms with Crippen molar-refractivity contribution >= 4 is 44.3 Å². The van der Waals surface area contributed by atoms with E-state index in [1.807, 2.05) is 12.1 Å². The zero-order chi connectivity index (χ0) is 28.6. The maximum absolute atomic E-state index is 13.3. The van der Waals surface area contributed by atoms with E-state index in [2.05, 4.69) is 20.7 Å². The van der Waals surface area contributed by atoms with E-state index in [0.717, 1.165) is 18.2 Å². The van der Waals surface area contributed by atoms with Crippen LogP contribution in [0.4, 0.5) is 0 Å². The molecule has 1 fully saturated rings. The molecule has 0 radical (unpaired) electrons. The summed E-state index contributed by atoms with van der Waals surface area (Å²) in [6.45, 7) is 2.85. The van der Waals surface area contributed by atoms with Crippen LogP contribution in [0.25, 0.3) is 10.8 Å². The summed E-state index contributed by atoms with van der Waals surface area (Å²) >= 11 is 0. The fourth-order valence-corrected chi connectivity index (χ4v) is 5.87. The molecule has 0 bridgehead atoms. The van der Waals surface area contributed by atoms with Crippen LogP contribution in [0.15, 0.2) is 47.4 Å². The number of rotatable bonds is 14. The molecule has 212 valence electrons. The monoisotopic (exact) mass is 560 g/mol. The predicted octanol–water partition coefficient (Wildman–Crippen LogP) is 0.319. The second kappa shape index (κ2) is 13.6. The smallest absolute Gasteiger partial charge is 0.328 e. The fraction of sp³-hybridized carbons (Fsp3) is 0.462. The number of nitrogens with two attached hydrogens (primary N) is 1. The van der Waals surface area contributed by atoms with Crippen molar-refractivity contribution in [3.63, 3.8) is 0 Å². The van der Waals surface area contributed by atoms with Gasteiger partial charge in [0.15, 0.2) is 11.8 Å². The molecule has 1 aliphatic rings. The number of hydrogen-bond acceptors (Lipinski definition) is 8. The summed E-state index contributed by atoms with van der Waals surface area (Å²) in [4.78, 5) is 37.9. The molecule has 3 rings (SSSR count). The summed E-state index contributed by atoms with van der Waals surface area (Å²) in [5.74, 6) is -3.28. The molecule has 0 saturated carbocycles. The molecule has 0 spiro atoms. The lowest BCUT2D eigenvalue weighted by molar-refractivity contribution is -0.144. The molecule has 0 aromatic heterocycles. The van der Waals surface area contributed by atoms with Gasteiger partial charge in [-0.15, -0.1) is 0 Å². The minimum atomic E-state index is -4.30.